The molecule has 3 heterocycles. The largest absolute Gasteiger partial charge is 0.373 e. The number of nitrogens with zero attached hydrogens (tertiary/aromatic N) is 3. The SMILES string of the molecule is CNc1cc(C2CCCN(S(=O)(=O)N3CCCC3)C2)ccn1. The van der Waals surface area contributed by atoms with Crippen molar-refractivity contribution in [2.75, 3.05) is 38.5 Å². The quantitative estimate of drug-likeness (QED) is 0.914. The number of anilines is 1. The van der Waals surface area contributed by atoms with Crippen molar-refractivity contribution in [2.45, 2.75) is 31.6 Å². The van der Waals surface area contributed by atoms with E-state index in [0.29, 0.717) is 26.2 Å². The summed E-state index contributed by atoms with van der Waals surface area (Å²) in [6, 6.07) is 4.02. The summed E-state index contributed by atoms with van der Waals surface area (Å²) >= 11 is 0. The van der Waals surface area contributed by atoms with Gasteiger partial charge in [0.25, 0.3) is 10.2 Å². The van der Waals surface area contributed by atoms with E-state index in [4.69, 9.17) is 0 Å². The van der Waals surface area contributed by atoms with Gasteiger partial charge in [-0.05, 0) is 49.3 Å². The topological polar surface area (TPSA) is 65.5 Å². The zero-order valence-corrected chi connectivity index (χ0v) is 13.8. The van der Waals surface area contributed by atoms with E-state index in [1.165, 1.54) is 5.56 Å². The summed E-state index contributed by atoms with van der Waals surface area (Å²) in [7, 11) is -1.44. The van der Waals surface area contributed by atoms with E-state index in [0.717, 1.165) is 31.5 Å². The highest BCUT2D eigenvalue weighted by Crippen LogP contribution is 2.30. The standard InChI is InChI=1S/C15H24N4O2S/c1-16-15-11-13(6-7-17-15)14-5-4-10-19(12-14)22(20,21)18-8-2-3-9-18/h6-7,11,14H,2-5,8-10,12H2,1H3,(H,16,17). The number of piperidine rings is 1. The Morgan fingerprint density at radius 3 is 2.64 bits per heavy atom. The molecule has 0 bridgehead atoms. The van der Waals surface area contributed by atoms with Gasteiger partial charge in [-0.15, -0.1) is 0 Å². The molecule has 1 aromatic rings. The minimum absolute atomic E-state index is 0.251. The Bertz CT molecular complexity index is 614. The van der Waals surface area contributed by atoms with Gasteiger partial charge in [0.2, 0.25) is 0 Å². The van der Waals surface area contributed by atoms with E-state index in [2.05, 4.69) is 10.3 Å². The first-order valence-corrected chi connectivity index (χ1v) is 9.40. The van der Waals surface area contributed by atoms with Gasteiger partial charge in [-0.1, -0.05) is 0 Å². The molecule has 0 spiro atoms. The van der Waals surface area contributed by atoms with Gasteiger partial charge in [0.1, 0.15) is 5.82 Å². The van der Waals surface area contributed by atoms with Crippen LogP contribution in [0.5, 0.6) is 0 Å². The molecule has 22 heavy (non-hydrogen) atoms. The number of rotatable bonds is 4. The molecule has 1 aromatic heterocycles. The molecule has 0 aromatic carbocycles. The van der Waals surface area contributed by atoms with Crippen LogP contribution in [-0.2, 0) is 10.2 Å². The van der Waals surface area contributed by atoms with Crippen molar-refractivity contribution in [2.24, 2.45) is 0 Å². The van der Waals surface area contributed by atoms with Crippen LogP contribution in [0.15, 0.2) is 18.3 Å². The Morgan fingerprint density at radius 1 is 1.18 bits per heavy atom. The van der Waals surface area contributed by atoms with E-state index in [1.807, 2.05) is 19.2 Å². The maximum Gasteiger partial charge on any atom is 0.281 e. The van der Waals surface area contributed by atoms with Crippen LogP contribution in [0.25, 0.3) is 0 Å². The average molecular weight is 324 g/mol. The summed E-state index contributed by atoms with van der Waals surface area (Å²) in [5.74, 6) is 1.08. The summed E-state index contributed by atoms with van der Waals surface area (Å²) in [6.07, 6.45) is 5.68. The van der Waals surface area contributed by atoms with E-state index >= 15 is 0 Å². The predicted octanol–water partition coefficient (Wildman–Crippen LogP) is 1.64. The lowest BCUT2D eigenvalue weighted by Gasteiger charge is -2.34. The summed E-state index contributed by atoms with van der Waals surface area (Å²) in [5.41, 5.74) is 1.17. The van der Waals surface area contributed by atoms with Crippen LogP contribution >= 0.6 is 0 Å². The Morgan fingerprint density at radius 2 is 1.91 bits per heavy atom. The van der Waals surface area contributed by atoms with Crippen LogP contribution in [0.1, 0.15) is 37.2 Å². The van der Waals surface area contributed by atoms with Crippen LogP contribution in [0.3, 0.4) is 0 Å². The number of aromatic nitrogens is 1. The summed E-state index contributed by atoms with van der Waals surface area (Å²) in [5, 5.41) is 3.04. The van der Waals surface area contributed by atoms with Gasteiger partial charge >= 0.3 is 0 Å². The van der Waals surface area contributed by atoms with Crippen molar-refractivity contribution in [3.05, 3.63) is 23.9 Å². The minimum Gasteiger partial charge on any atom is -0.373 e. The molecule has 1 atom stereocenters. The summed E-state index contributed by atoms with van der Waals surface area (Å²) in [4.78, 5) is 4.23. The van der Waals surface area contributed by atoms with Crippen LogP contribution in [0.4, 0.5) is 5.82 Å². The zero-order chi connectivity index (χ0) is 15.6. The molecule has 122 valence electrons. The molecule has 0 saturated carbocycles. The second-order valence-corrected chi connectivity index (χ2v) is 7.96. The normalized spacial score (nSPS) is 24.5. The van der Waals surface area contributed by atoms with Gasteiger partial charge in [-0.25, -0.2) is 4.98 Å². The second kappa shape index (κ2) is 6.52. The third-order valence-electron chi connectivity index (χ3n) is 4.61. The highest BCUT2D eigenvalue weighted by atomic mass is 32.2. The Balaban J connectivity index is 1.76. The van der Waals surface area contributed by atoms with Crippen molar-refractivity contribution in [1.29, 1.82) is 0 Å². The van der Waals surface area contributed by atoms with E-state index < -0.39 is 10.2 Å². The van der Waals surface area contributed by atoms with E-state index in [1.54, 1.807) is 14.8 Å². The lowest BCUT2D eigenvalue weighted by molar-refractivity contribution is 0.292. The third-order valence-corrected chi connectivity index (χ3v) is 6.62. The second-order valence-electron chi connectivity index (χ2n) is 6.04. The Labute approximate surface area is 132 Å². The van der Waals surface area contributed by atoms with Crippen molar-refractivity contribution in [3.63, 3.8) is 0 Å². The van der Waals surface area contributed by atoms with Crippen molar-refractivity contribution >= 4 is 16.0 Å². The molecular formula is C15H24N4O2S. The number of nitrogens with one attached hydrogen (secondary N) is 1. The average Bonchev–Trinajstić information content (AvgIpc) is 3.10. The molecule has 2 aliphatic heterocycles. The van der Waals surface area contributed by atoms with Crippen LogP contribution in [0, 0.1) is 0 Å². The molecule has 7 heteroatoms. The molecule has 6 nitrogen and oxygen atoms in total. The molecule has 3 rings (SSSR count). The van der Waals surface area contributed by atoms with Crippen LogP contribution in [-0.4, -0.2) is 55.2 Å². The van der Waals surface area contributed by atoms with Crippen molar-refractivity contribution in [1.82, 2.24) is 13.6 Å². The van der Waals surface area contributed by atoms with Gasteiger partial charge in [0.15, 0.2) is 0 Å². The first-order chi connectivity index (χ1) is 10.6. The Hall–Kier alpha value is -1.18. The van der Waals surface area contributed by atoms with Gasteiger partial charge in [0.05, 0.1) is 0 Å². The summed E-state index contributed by atoms with van der Waals surface area (Å²) in [6.45, 7) is 2.55. The monoisotopic (exact) mass is 324 g/mol. The van der Waals surface area contributed by atoms with Crippen LogP contribution in [0.2, 0.25) is 0 Å². The van der Waals surface area contributed by atoms with Gasteiger partial charge < -0.3 is 5.32 Å². The van der Waals surface area contributed by atoms with E-state index in [9.17, 15) is 8.42 Å². The Kier molecular flexibility index (Phi) is 4.65. The van der Waals surface area contributed by atoms with Crippen LogP contribution < -0.4 is 5.32 Å². The lowest BCUT2D eigenvalue weighted by atomic mass is 9.92. The van der Waals surface area contributed by atoms with Gasteiger partial charge in [0, 0.05) is 39.4 Å². The maximum atomic E-state index is 12.7. The zero-order valence-electron chi connectivity index (χ0n) is 13.0. The molecule has 2 aliphatic rings. The molecule has 1 N–H and O–H groups in total. The fourth-order valence-electron chi connectivity index (χ4n) is 3.34. The van der Waals surface area contributed by atoms with Crippen molar-refractivity contribution < 1.29 is 8.42 Å². The molecule has 0 aliphatic carbocycles. The molecule has 0 radical (unpaired) electrons. The van der Waals surface area contributed by atoms with Gasteiger partial charge in [-0.2, -0.15) is 17.0 Å². The molecule has 1 unspecified atom stereocenters. The molecule has 2 fully saturated rings. The minimum atomic E-state index is -3.28. The summed E-state index contributed by atoms with van der Waals surface area (Å²) < 4.78 is 28.7. The maximum absolute atomic E-state index is 12.7. The predicted molar refractivity (Wildman–Crippen MR) is 87.1 cm³/mol. The fourth-order valence-corrected chi connectivity index (χ4v) is 5.12. The van der Waals surface area contributed by atoms with E-state index in [-0.39, 0.29) is 5.92 Å². The highest BCUT2D eigenvalue weighted by Gasteiger charge is 2.35. The van der Waals surface area contributed by atoms with Gasteiger partial charge in [-0.3, -0.25) is 0 Å². The molecular weight excluding hydrogens is 300 g/mol. The number of hydrogen-bond donors (Lipinski definition) is 1. The highest BCUT2D eigenvalue weighted by molar-refractivity contribution is 7.86. The molecule has 0 amide bonds. The fraction of sp³-hybridized carbons (Fsp3) is 0.667. The number of pyridine rings is 1. The first-order valence-electron chi connectivity index (χ1n) is 8.00. The number of hydrogen-bond acceptors (Lipinski definition) is 4. The smallest absolute Gasteiger partial charge is 0.281 e. The van der Waals surface area contributed by atoms with Crippen molar-refractivity contribution in [3.8, 4) is 0 Å². The lowest BCUT2D eigenvalue weighted by Crippen LogP contribution is -2.46. The first kappa shape index (κ1) is 15.7. The third kappa shape index (κ3) is 3.11. The molecule has 2 saturated heterocycles.